The zero-order valence-corrected chi connectivity index (χ0v) is 12.5. The molecule has 5 heteroatoms. The van der Waals surface area contributed by atoms with Gasteiger partial charge in [-0.15, -0.1) is 0 Å². The van der Waals surface area contributed by atoms with Gasteiger partial charge in [-0.25, -0.2) is 0 Å². The van der Waals surface area contributed by atoms with Crippen LogP contribution in [0.25, 0.3) is 11.1 Å². The highest BCUT2D eigenvalue weighted by molar-refractivity contribution is 6.30. The number of hydrogen-bond acceptors (Lipinski definition) is 3. The molecule has 21 heavy (non-hydrogen) atoms. The summed E-state index contributed by atoms with van der Waals surface area (Å²) in [5, 5.41) is 12.4. The fraction of sp³-hybridized carbons (Fsp3) is 0.250. The molecule has 1 atom stereocenters. The number of carbonyl (C=O) groups excluding carboxylic acids is 1. The summed E-state index contributed by atoms with van der Waals surface area (Å²) < 4.78 is 0. The molecule has 0 fully saturated rings. The van der Waals surface area contributed by atoms with Gasteiger partial charge < -0.3 is 10.4 Å². The number of amides is 1. The molecule has 0 saturated carbocycles. The number of aliphatic hydroxyl groups excluding tert-OH is 1. The fourth-order valence-corrected chi connectivity index (χ4v) is 1.92. The number of pyridine rings is 1. The van der Waals surface area contributed by atoms with Crippen molar-refractivity contribution in [3.63, 3.8) is 0 Å². The van der Waals surface area contributed by atoms with Gasteiger partial charge in [0.1, 0.15) is 0 Å². The third kappa shape index (κ3) is 4.28. The molecular formula is C16H17ClN2O2. The van der Waals surface area contributed by atoms with Crippen molar-refractivity contribution in [3.05, 3.63) is 53.3 Å². The van der Waals surface area contributed by atoms with Crippen LogP contribution in [0.4, 0.5) is 0 Å². The second-order valence-corrected chi connectivity index (χ2v) is 5.40. The summed E-state index contributed by atoms with van der Waals surface area (Å²) in [6.45, 7) is 2.34. The van der Waals surface area contributed by atoms with Gasteiger partial charge in [-0.05, 0) is 29.7 Å². The van der Waals surface area contributed by atoms with Gasteiger partial charge in [-0.1, -0.05) is 30.7 Å². The quantitative estimate of drug-likeness (QED) is 0.893. The molecule has 110 valence electrons. The normalized spacial score (nSPS) is 12.0. The summed E-state index contributed by atoms with van der Waals surface area (Å²) in [4.78, 5) is 16.2. The van der Waals surface area contributed by atoms with E-state index >= 15 is 0 Å². The van der Waals surface area contributed by atoms with Crippen molar-refractivity contribution in [2.45, 2.75) is 6.92 Å². The van der Waals surface area contributed by atoms with Crippen molar-refractivity contribution in [2.75, 3.05) is 13.2 Å². The molecule has 1 amide bonds. The number of nitrogens with zero attached hydrogens (tertiary/aromatic N) is 1. The Morgan fingerprint density at radius 1 is 1.29 bits per heavy atom. The number of aromatic nitrogens is 1. The highest BCUT2D eigenvalue weighted by Crippen LogP contribution is 2.21. The standard InChI is InChI=1S/C16H17ClN2O2/c1-11(10-20)7-19-16(21)14-6-13(8-18-9-14)12-2-4-15(17)5-3-12/h2-6,8-9,11,20H,7,10H2,1H3,(H,19,21). The van der Waals surface area contributed by atoms with Crippen LogP contribution in [-0.4, -0.2) is 29.1 Å². The van der Waals surface area contributed by atoms with Gasteiger partial charge in [0.25, 0.3) is 5.91 Å². The van der Waals surface area contributed by atoms with Gasteiger partial charge in [0.2, 0.25) is 0 Å². The van der Waals surface area contributed by atoms with E-state index in [0.717, 1.165) is 11.1 Å². The Kier molecular flexibility index (Phi) is 5.31. The molecule has 0 spiro atoms. The lowest BCUT2D eigenvalue weighted by atomic mass is 10.1. The number of rotatable bonds is 5. The van der Waals surface area contributed by atoms with E-state index in [1.54, 1.807) is 24.4 Å². The first-order valence-electron chi connectivity index (χ1n) is 6.70. The van der Waals surface area contributed by atoms with E-state index in [0.29, 0.717) is 17.1 Å². The average molecular weight is 305 g/mol. The second-order valence-electron chi connectivity index (χ2n) is 4.97. The monoisotopic (exact) mass is 304 g/mol. The minimum Gasteiger partial charge on any atom is -0.396 e. The molecule has 1 unspecified atom stereocenters. The van der Waals surface area contributed by atoms with Gasteiger partial charge in [0.05, 0.1) is 5.56 Å². The van der Waals surface area contributed by atoms with E-state index < -0.39 is 0 Å². The van der Waals surface area contributed by atoms with Crippen LogP contribution in [0.3, 0.4) is 0 Å². The highest BCUT2D eigenvalue weighted by Gasteiger charge is 2.09. The third-order valence-corrected chi connectivity index (χ3v) is 3.35. The van der Waals surface area contributed by atoms with Crippen LogP contribution < -0.4 is 5.32 Å². The molecule has 0 radical (unpaired) electrons. The lowest BCUT2D eigenvalue weighted by Gasteiger charge is -2.10. The van der Waals surface area contributed by atoms with Gasteiger partial charge >= 0.3 is 0 Å². The van der Waals surface area contributed by atoms with E-state index in [9.17, 15) is 4.79 Å². The largest absolute Gasteiger partial charge is 0.396 e. The van der Waals surface area contributed by atoms with Crippen LogP contribution in [0.5, 0.6) is 0 Å². The molecule has 1 heterocycles. The summed E-state index contributed by atoms with van der Waals surface area (Å²) in [5.74, 6) is -0.167. The van der Waals surface area contributed by atoms with E-state index in [1.807, 2.05) is 19.1 Å². The maximum atomic E-state index is 12.0. The Balaban J connectivity index is 2.14. The van der Waals surface area contributed by atoms with E-state index in [1.165, 1.54) is 6.20 Å². The molecule has 2 aromatic rings. The molecule has 1 aromatic carbocycles. The molecule has 0 aliphatic rings. The topological polar surface area (TPSA) is 62.2 Å². The Hall–Kier alpha value is -1.91. The molecule has 0 saturated heterocycles. The van der Waals surface area contributed by atoms with Gasteiger partial charge in [0, 0.05) is 36.1 Å². The van der Waals surface area contributed by atoms with Crippen LogP contribution >= 0.6 is 11.6 Å². The molecule has 0 bridgehead atoms. The molecular weight excluding hydrogens is 288 g/mol. The first kappa shape index (κ1) is 15.5. The summed E-state index contributed by atoms with van der Waals surface area (Å²) in [7, 11) is 0. The lowest BCUT2D eigenvalue weighted by Crippen LogP contribution is -2.29. The summed E-state index contributed by atoms with van der Waals surface area (Å²) in [6, 6.07) is 9.15. The van der Waals surface area contributed by atoms with Crippen LogP contribution in [-0.2, 0) is 0 Å². The van der Waals surface area contributed by atoms with E-state index in [2.05, 4.69) is 10.3 Å². The molecule has 2 N–H and O–H groups in total. The summed E-state index contributed by atoms with van der Waals surface area (Å²) in [5.41, 5.74) is 2.30. The molecule has 0 aliphatic carbocycles. The second kappa shape index (κ2) is 7.20. The smallest absolute Gasteiger partial charge is 0.252 e. The van der Waals surface area contributed by atoms with E-state index in [-0.39, 0.29) is 18.4 Å². The van der Waals surface area contributed by atoms with Gasteiger partial charge in [0.15, 0.2) is 0 Å². The van der Waals surface area contributed by atoms with Gasteiger partial charge in [-0.3, -0.25) is 9.78 Å². The summed E-state index contributed by atoms with van der Waals surface area (Å²) >= 11 is 5.87. The zero-order valence-electron chi connectivity index (χ0n) is 11.7. The Morgan fingerprint density at radius 3 is 2.67 bits per heavy atom. The predicted molar refractivity (Wildman–Crippen MR) is 83.3 cm³/mol. The maximum absolute atomic E-state index is 12.0. The molecule has 2 rings (SSSR count). The van der Waals surface area contributed by atoms with Crippen LogP contribution in [0.15, 0.2) is 42.7 Å². The number of aliphatic hydroxyl groups is 1. The number of benzene rings is 1. The Labute approximate surface area is 128 Å². The average Bonchev–Trinajstić information content (AvgIpc) is 2.53. The van der Waals surface area contributed by atoms with Crippen molar-refractivity contribution in [1.82, 2.24) is 10.3 Å². The van der Waals surface area contributed by atoms with Crippen LogP contribution in [0.1, 0.15) is 17.3 Å². The van der Waals surface area contributed by atoms with E-state index in [4.69, 9.17) is 16.7 Å². The molecule has 0 aliphatic heterocycles. The minimum atomic E-state index is -0.196. The lowest BCUT2D eigenvalue weighted by molar-refractivity contribution is 0.0942. The van der Waals surface area contributed by atoms with Gasteiger partial charge in [-0.2, -0.15) is 0 Å². The van der Waals surface area contributed by atoms with Crippen LogP contribution in [0.2, 0.25) is 5.02 Å². The molecule has 4 nitrogen and oxygen atoms in total. The zero-order chi connectivity index (χ0) is 15.2. The first-order chi connectivity index (χ1) is 10.1. The maximum Gasteiger partial charge on any atom is 0.252 e. The van der Waals surface area contributed by atoms with Crippen molar-refractivity contribution >= 4 is 17.5 Å². The van der Waals surface area contributed by atoms with Crippen molar-refractivity contribution in [3.8, 4) is 11.1 Å². The Morgan fingerprint density at radius 2 is 2.00 bits per heavy atom. The first-order valence-corrected chi connectivity index (χ1v) is 7.08. The number of halogens is 1. The van der Waals surface area contributed by atoms with Crippen molar-refractivity contribution in [1.29, 1.82) is 0 Å². The van der Waals surface area contributed by atoms with Crippen molar-refractivity contribution in [2.24, 2.45) is 5.92 Å². The van der Waals surface area contributed by atoms with Crippen molar-refractivity contribution < 1.29 is 9.90 Å². The Bertz CT molecular complexity index is 614. The minimum absolute atomic E-state index is 0.0290. The highest BCUT2D eigenvalue weighted by atomic mass is 35.5. The number of hydrogen-bond donors (Lipinski definition) is 2. The SMILES string of the molecule is CC(CO)CNC(=O)c1cncc(-c2ccc(Cl)cc2)c1. The summed E-state index contributed by atoms with van der Waals surface area (Å²) in [6.07, 6.45) is 3.23. The number of nitrogens with one attached hydrogen (secondary N) is 1. The third-order valence-electron chi connectivity index (χ3n) is 3.10. The predicted octanol–water partition coefficient (Wildman–Crippen LogP) is 2.76. The van der Waals surface area contributed by atoms with Crippen LogP contribution in [0, 0.1) is 5.92 Å². The molecule has 1 aromatic heterocycles. The fourth-order valence-electron chi connectivity index (χ4n) is 1.80. The number of carbonyl (C=O) groups is 1.